The van der Waals surface area contributed by atoms with Gasteiger partial charge in [0.2, 0.25) is 5.88 Å². The number of benzene rings is 1. The number of nitrogens with one attached hydrogen (secondary N) is 1. The molecule has 7 heteroatoms. The van der Waals surface area contributed by atoms with Gasteiger partial charge in [-0.3, -0.25) is 4.90 Å². The van der Waals surface area contributed by atoms with Crippen LogP contribution >= 0.6 is 0 Å². The third kappa shape index (κ3) is 14.0. The zero-order chi connectivity index (χ0) is 27.2. The van der Waals surface area contributed by atoms with Crippen LogP contribution in [0.5, 0.6) is 5.88 Å². The first kappa shape index (κ1) is 33.4. The molecule has 36 heavy (non-hydrogen) atoms. The number of hydrogen-bond acceptors (Lipinski definition) is 7. The van der Waals surface area contributed by atoms with Crippen molar-refractivity contribution in [3.8, 4) is 5.88 Å². The second-order valence-corrected chi connectivity index (χ2v) is 7.94. The normalized spacial score (nSPS) is 12.5. The van der Waals surface area contributed by atoms with E-state index in [1.54, 1.807) is 0 Å². The number of hydrogen-bond donors (Lipinski definition) is 2. The Kier molecular flexibility index (Phi) is 20.0. The van der Waals surface area contributed by atoms with Crippen LogP contribution in [-0.2, 0) is 4.74 Å². The van der Waals surface area contributed by atoms with Crippen molar-refractivity contribution in [3.63, 3.8) is 0 Å². The van der Waals surface area contributed by atoms with Crippen LogP contribution in [0.3, 0.4) is 0 Å². The van der Waals surface area contributed by atoms with Gasteiger partial charge in [-0.05, 0) is 25.3 Å². The van der Waals surface area contributed by atoms with Gasteiger partial charge >= 0.3 is 0 Å². The molecule has 0 radical (unpaired) electrons. The number of nitrogen functional groups attached to an aromatic ring is 1. The van der Waals surface area contributed by atoms with Gasteiger partial charge in [0.05, 0.1) is 13.2 Å². The first-order valence-electron chi connectivity index (χ1n) is 13.6. The van der Waals surface area contributed by atoms with Crippen molar-refractivity contribution in [1.82, 2.24) is 9.88 Å². The van der Waals surface area contributed by atoms with Crippen LogP contribution in [0.4, 0.5) is 11.5 Å². The summed E-state index contributed by atoms with van der Waals surface area (Å²) < 4.78 is 11.2. The van der Waals surface area contributed by atoms with Gasteiger partial charge in [0.25, 0.3) is 0 Å². The van der Waals surface area contributed by atoms with Gasteiger partial charge < -0.3 is 25.5 Å². The predicted molar refractivity (Wildman–Crippen MR) is 156 cm³/mol. The Morgan fingerprint density at radius 3 is 2.22 bits per heavy atom. The van der Waals surface area contributed by atoms with Gasteiger partial charge in [-0.15, -0.1) is 0 Å². The molecule has 2 heterocycles. The first-order chi connectivity index (χ1) is 17.5. The third-order valence-electron chi connectivity index (χ3n) is 5.13. The van der Waals surface area contributed by atoms with Crippen LogP contribution in [0, 0.1) is 12.3 Å². The number of morpholine rings is 1. The molecule has 0 aliphatic carbocycles. The number of nitrogens with two attached hydrogens (primary N) is 1. The molecular formula is C29H51N5O2. The van der Waals surface area contributed by atoms with E-state index < -0.39 is 0 Å². The zero-order valence-corrected chi connectivity index (χ0v) is 23.8. The van der Waals surface area contributed by atoms with Crippen LogP contribution in [-0.4, -0.2) is 68.6 Å². The van der Waals surface area contributed by atoms with E-state index in [9.17, 15) is 0 Å². The molecule has 2 aromatic rings. The highest BCUT2D eigenvalue weighted by atomic mass is 16.5. The number of ether oxygens (including phenoxy) is 2. The minimum atomic E-state index is 0.515. The summed E-state index contributed by atoms with van der Waals surface area (Å²) in [6.07, 6.45) is 3.57. The molecule has 1 fully saturated rings. The molecule has 0 saturated carbocycles. The molecule has 1 aliphatic rings. The van der Waals surface area contributed by atoms with Crippen LogP contribution in [0.1, 0.15) is 65.5 Å². The molecule has 204 valence electrons. The van der Waals surface area contributed by atoms with E-state index in [2.05, 4.69) is 28.6 Å². The summed E-state index contributed by atoms with van der Waals surface area (Å²) in [6.45, 7) is 21.5. The molecule has 1 saturated heterocycles. The van der Waals surface area contributed by atoms with Crippen molar-refractivity contribution in [2.24, 2.45) is 0 Å². The molecule has 0 spiro atoms. The Balaban J connectivity index is 0.000000783. The average Bonchev–Trinajstić information content (AvgIpc) is 2.91. The lowest BCUT2D eigenvalue weighted by Gasteiger charge is -2.26. The molecular weight excluding hydrogens is 450 g/mol. The summed E-state index contributed by atoms with van der Waals surface area (Å²) in [6, 6.07) is 11.8. The van der Waals surface area contributed by atoms with Gasteiger partial charge in [-0.25, -0.2) is 0 Å². The van der Waals surface area contributed by atoms with Gasteiger partial charge in [-0.1, -0.05) is 71.4 Å². The summed E-state index contributed by atoms with van der Waals surface area (Å²) in [4.78, 5) is 8.99. The fourth-order valence-electron chi connectivity index (χ4n) is 3.54. The lowest BCUT2D eigenvalue weighted by molar-refractivity contribution is 0.0320. The molecule has 1 aromatic heterocycles. The number of aromatic nitrogens is 1. The maximum Gasteiger partial charge on any atom is 0.217 e. The first-order valence-corrected chi connectivity index (χ1v) is 13.6. The molecule has 0 bridgehead atoms. The third-order valence-corrected chi connectivity index (χ3v) is 5.13. The average molecular weight is 502 g/mol. The molecule has 3 rings (SSSR count). The highest BCUT2D eigenvalue weighted by Crippen LogP contribution is 2.23. The Morgan fingerprint density at radius 2 is 1.69 bits per heavy atom. The van der Waals surface area contributed by atoms with Crippen molar-refractivity contribution in [1.29, 1.82) is 5.41 Å². The predicted octanol–water partition coefficient (Wildman–Crippen LogP) is 6.05. The Labute approximate surface area is 220 Å². The fourth-order valence-corrected chi connectivity index (χ4v) is 3.54. The second kappa shape index (κ2) is 21.6. The monoisotopic (exact) mass is 501 g/mol. The molecule has 0 unspecified atom stereocenters. The Hall–Kier alpha value is -2.64. The van der Waals surface area contributed by atoms with Gasteiger partial charge in [-0.2, -0.15) is 4.98 Å². The van der Waals surface area contributed by atoms with Crippen molar-refractivity contribution in [2.75, 3.05) is 63.2 Å². The van der Waals surface area contributed by atoms with E-state index in [1.165, 1.54) is 11.8 Å². The number of rotatable bonds is 10. The Bertz CT molecular complexity index is 804. The molecule has 0 amide bonds. The summed E-state index contributed by atoms with van der Waals surface area (Å²) in [5.41, 5.74) is 9.23. The highest BCUT2D eigenvalue weighted by Gasteiger charge is 2.12. The van der Waals surface area contributed by atoms with Gasteiger partial charge in [0, 0.05) is 56.8 Å². The fraction of sp³-hybridized carbons (Fsp3) is 0.586. The molecule has 0 atom stereocenters. The van der Waals surface area contributed by atoms with Crippen molar-refractivity contribution in [3.05, 3.63) is 47.5 Å². The smallest absolute Gasteiger partial charge is 0.217 e. The Morgan fingerprint density at radius 1 is 1.06 bits per heavy atom. The molecule has 1 aliphatic heterocycles. The number of pyridine rings is 1. The highest BCUT2D eigenvalue weighted by molar-refractivity contribution is 5.76. The quantitative estimate of drug-likeness (QED) is 0.386. The standard InChI is InChI=1S/C17H30N4O2.C8H9N.2C2H6/c1-3-5-21(6-4-2)15-13-16(18)19-17(14-15)23-12-9-20-7-10-22-11-8-20;1-7-3-2-4-8(5-7)6-9;2*1-2/h13-14H,3-12H2,1-2H3,(H2,18,19);2-6,9H,1H3;2*1-2H3. The van der Waals surface area contributed by atoms with Crippen molar-refractivity contribution in [2.45, 2.75) is 61.3 Å². The van der Waals surface area contributed by atoms with Crippen molar-refractivity contribution < 1.29 is 9.47 Å². The van der Waals surface area contributed by atoms with E-state index in [1.807, 2.05) is 71.0 Å². The molecule has 3 N–H and O–H groups in total. The largest absolute Gasteiger partial charge is 0.476 e. The minimum Gasteiger partial charge on any atom is -0.476 e. The van der Waals surface area contributed by atoms with Crippen LogP contribution in [0.2, 0.25) is 0 Å². The zero-order valence-electron chi connectivity index (χ0n) is 23.8. The SMILES string of the molecule is CC.CC.CCCN(CCC)c1cc(N)nc(OCCN2CCOCC2)c1.Cc1cccc(C=N)c1. The summed E-state index contributed by atoms with van der Waals surface area (Å²) in [5, 5.41) is 6.92. The summed E-state index contributed by atoms with van der Waals surface area (Å²) >= 11 is 0. The lowest BCUT2D eigenvalue weighted by atomic mass is 10.2. The van der Waals surface area contributed by atoms with E-state index in [4.69, 9.17) is 20.6 Å². The lowest BCUT2D eigenvalue weighted by Crippen LogP contribution is -2.38. The van der Waals surface area contributed by atoms with Gasteiger partial charge in [0.15, 0.2) is 0 Å². The maximum atomic E-state index is 6.92. The van der Waals surface area contributed by atoms with Gasteiger partial charge in [0.1, 0.15) is 12.4 Å². The van der Waals surface area contributed by atoms with Crippen LogP contribution in [0.25, 0.3) is 0 Å². The van der Waals surface area contributed by atoms with Crippen molar-refractivity contribution >= 4 is 17.7 Å². The number of nitrogens with zero attached hydrogens (tertiary/aromatic N) is 3. The maximum absolute atomic E-state index is 6.92. The van der Waals surface area contributed by atoms with E-state index >= 15 is 0 Å². The van der Waals surface area contributed by atoms with E-state index in [0.717, 1.165) is 70.0 Å². The van der Waals surface area contributed by atoms with E-state index in [0.29, 0.717) is 18.3 Å². The van der Waals surface area contributed by atoms with E-state index in [-0.39, 0.29) is 0 Å². The topological polar surface area (TPSA) is 87.7 Å². The summed E-state index contributed by atoms with van der Waals surface area (Å²) in [7, 11) is 0. The molecule has 7 nitrogen and oxygen atoms in total. The summed E-state index contributed by atoms with van der Waals surface area (Å²) in [5.74, 6) is 1.13. The minimum absolute atomic E-state index is 0.515. The number of anilines is 2. The van der Waals surface area contributed by atoms with Crippen LogP contribution in [0.15, 0.2) is 36.4 Å². The second-order valence-electron chi connectivity index (χ2n) is 7.94. The number of aryl methyl sites for hydroxylation is 1. The van der Waals surface area contributed by atoms with Crippen LogP contribution < -0.4 is 15.4 Å². The molecule has 1 aromatic carbocycles.